The van der Waals surface area contributed by atoms with E-state index in [1.165, 1.54) is 23.7 Å². The van der Waals surface area contributed by atoms with Crippen molar-refractivity contribution in [2.45, 2.75) is 56.8 Å². The number of nitrogens with two attached hydrogens (primary N) is 1. The number of hydrogen-bond donors (Lipinski definition) is 3. The molecule has 0 radical (unpaired) electrons. The van der Waals surface area contributed by atoms with Crippen LogP contribution in [0.15, 0.2) is 28.9 Å². The summed E-state index contributed by atoms with van der Waals surface area (Å²) >= 11 is 1.29. The Bertz CT molecular complexity index is 1230. The number of primary amides is 1. The van der Waals surface area contributed by atoms with Crippen molar-refractivity contribution in [2.24, 2.45) is 5.73 Å². The van der Waals surface area contributed by atoms with Gasteiger partial charge in [-0.2, -0.15) is 18.3 Å². The molecule has 180 valence electrons. The summed E-state index contributed by atoms with van der Waals surface area (Å²) in [6.07, 6.45) is 0.921. The van der Waals surface area contributed by atoms with E-state index in [1.807, 2.05) is 0 Å². The molecule has 3 aromatic heterocycles. The Morgan fingerprint density at radius 2 is 2.06 bits per heavy atom. The standard InChI is InChI=1S/C22H22F3N5O3S/c23-22(24,25)16-9-12(14-6-4-8-33-14)27-17-10-13(29-30(16)17)20(32)28-21-18(19(26)31)11-5-2-1-3-7-15(11)34-21/h4,6,8,10,12,16,27H,1-3,5,7,9H2,(H2,26,31)(H,28,32). The molecule has 1 aliphatic heterocycles. The summed E-state index contributed by atoms with van der Waals surface area (Å²) in [5.74, 6) is -0.937. The van der Waals surface area contributed by atoms with Crippen molar-refractivity contribution in [1.82, 2.24) is 9.78 Å². The van der Waals surface area contributed by atoms with Crippen molar-refractivity contribution in [3.8, 4) is 0 Å². The molecule has 1 aliphatic carbocycles. The van der Waals surface area contributed by atoms with Crippen LogP contribution in [-0.2, 0) is 12.8 Å². The molecule has 4 heterocycles. The third-order valence-corrected chi connectivity index (χ3v) is 7.41. The molecule has 12 heteroatoms. The number of aryl methyl sites for hydroxylation is 1. The van der Waals surface area contributed by atoms with E-state index in [2.05, 4.69) is 15.7 Å². The number of alkyl halides is 3. The third kappa shape index (κ3) is 4.06. The normalized spacial score (nSPS) is 20.1. The summed E-state index contributed by atoms with van der Waals surface area (Å²) in [5.41, 5.74) is 6.55. The van der Waals surface area contributed by atoms with Gasteiger partial charge in [0.25, 0.3) is 11.8 Å². The van der Waals surface area contributed by atoms with Gasteiger partial charge < -0.3 is 20.8 Å². The second kappa shape index (κ2) is 8.49. The van der Waals surface area contributed by atoms with Gasteiger partial charge in [-0.05, 0) is 43.4 Å². The number of carbonyl (C=O) groups is 2. The lowest BCUT2D eigenvalue weighted by Gasteiger charge is -2.32. The molecular formula is C22H22F3N5O3S. The molecule has 4 N–H and O–H groups in total. The molecule has 5 rings (SSSR count). The topological polar surface area (TPSA) is 115 Å². The zero-order chi connectivity index (χ0) is 24.0. The van der Waals surface area contributed by atoms with Crippen LogP contribution in [0.3, 0.4) is 0 Å². The van der Waals surface area contributed by atoms with Crippen LogP contribution in [0.1, 0.15) is 74.8 Å². The minimum atomic E-state index is -4.58. The van der Waals surface area contributed by atoms with Gasteiger partial charge in [0, 0.05) is 17.4 Å². The Kier molecular flexibility index (Phi) is 5.62. The molecule has 34 heavy (non-hydrogen) atoms. The zero-order valence-corrected chi connectivity index (χ0v) is 18.8. The van der Waals surface area contributed by atoms with Gasteiger partial charge in [0.1, 0.15) is 16.6 Å². The van der Waals surface area contributed by atoms with Crippen LogP contribution in [0.25, 0.3) is 0 Å². The Morgan fingerprint density at radius 1 is 1.26 bits per heavy atom. The molecule has 0 spiro atoms. The third-order valence-electron chi connectivity index (χ3n) is 6.20. The summed E-state index contributed by atoms with van der Waals surface area (Å²) in [7, 11) is 0. The molecule has 0 saturated heterocycles. The Morgan fingerprint density at radius 3 is 2.76 bits per heavy atom. The summed E-state index contributed by atoms with van der Waals surface area (Å²) in [5, 5.41) is 9.91. The fourth-order valence-electron chi connectivity index (χ4n) is 4.62. The number of amides is 2. The monoisotopic (exact) mass is 493 g/mol. The maximum absolute atomic E-state index is 13.8. The second-order valence-electron chi connectivity index (χ2n) is 8.45. The first-order valence-corrected chi connectivity index (χ1v) is 11.8. The zero-order valence-electron chi connectivity index (χ0n) is 17.9. The van der Waals surface area contributed by atoms with E-state index >= 15 is 0 Å². The first kappa shape index (κ1) is 22.5. The lowest BCUT2D eigenvalue weighted by Crippen LogP contribution is -2.35. The number of furan rings is 1. The van der Waals surface area contributed by atoms with Crippen LogP contribution in [-0.4, -0.2) is 27.8 Å². The maximum atomic E-state index is 13.8. The van der Waals surface area contributed by atoms with E-state index in [4.69, 9.17) is 10.2 Å². The predicted octanol–water partition coefficient (Wildman–Crippen LogP) is 4.82. The van der Waals surface area contributed by atoms with Gasteiger partial charge >= 0.3 is 6.18 Å². The molecule has 0 saturated carbocycles. The van der Waals surface area contributed by atoms with Crippen molar-refractivity contribution >= 4 is 34.0 Å². The van der Waals surface area contributed by atoms with Gasteiger partial charge in [0.15, 0.2) is 11.7 Å². The molecule has 2 amide bonds. The Hall–Kier alpha value is -3.28. The average Bonchev–Trinajstić information content (AvgIpc) is 3.48. The van der Waals surface area contributed by atoms with Gasteiger partial charge in [-0.15, -0.1) is 11.3 Å². The maximum Gasteiger partial charge on any atom is 0.410 e. The number of aromatic nitrogens is 2. The van der Waals surface area contributed by atoms with Crippen LogP contribution >= 0.6 is 11.3 Å². The minimum Gasteiger partial charge on any atom is -0.467 e. The van der Waals surface area contributed by atoms with Gasteiger partial charge in [-0.1, -0.05) is 6.42 Å². The van der Waals surface area contributed by atoms with E-state index < -0.39 is 30.1 Å². The number of carbonyl (C=O) groups excluding carboxylic acids is 2. The Balaban J connectivity index is 1.45. The molecule has 2 aliphatic rings. The van der Waals surface area contributed by atoms with Crippen LogP contribution < -0.4 is 16.4 Å². The number of fused-ring (bicyclic) bond motifs is 2. The van der Waals surface area contributed by atoms with Gasteiger partial charge in [-0.3, -0.25) is 9.59 Å². The second-order valence-corrected chi connectivity index (χ2v) is 9.56. The molecule has 3 aromatic rings. The largest absolute Gasteiger partial charge is 0.467 e. The molecule has 2 atom stereocenters. The van der Waals surface area contributed by atoms with Crippen molar-refractivity contribution in [1.29, 1.82) is 0 Å². The van der Waals surface area contributed by atoms with Gasteiger partial charge in [0.2, 0.25) is 0 Å². The molecule has 2 unspecified atom stereocenters. The van der Waals surface area contributed by atoms with Gasteiger partial charge in [-0.25, -0.2) is 4.68 Å². The first-order valence-electron chi connectivity index (χ1n) is 10.9. The number of halogens is 3. The molecule has 0 aromatic carbocycles. The fourth-order valence-corrected chi connectivity index (χ4v) is 5.91. The van der Waals surface area contributed by atoms with Crippen molar-refractivity contribution < 1.29 is 27.2 Å². The smallest absolute Gasteiger partial charge is 0.410 e. The highest BCUT2D eigenvalue weighted by Crippen LogP contribution is 2.44. The lowest BCUT2D eigenvalue weighted by atomic mass is 10.0. The number of thiophene rings is 1. The molecule has 0 fully saturated rings. The predicted molar refractivity (Wildman–Crippen MR) is 119 cm³/mol. The number of rotatable bonds is 4. The van der Waals surface area contributed by atoms with Crippen molar-refractivity contribution in [2.75, 3.05) is 10.6 Å². The quantitative estimate of drug-likeness (QED) is 0.451. The first-order chi connectivity index (χ1) is 16.2. The van der Waals surface area contributed by atoms with Crippen LogP contribution in [0.4, 0.5) is 24.0 Å². The summed E-state index contributed by atoms with van der Waals surface area (Å²) in [6, 6.07) is 1.81. The van der Waals surface area contributed by atoms with Crippen LogP contribution in [0, 0.1) is 0 Å². The molecule has 0 bridgehead atoms. The fraction of sp³-hybridized carbons (Fsp3) is 0.409. The van der Waals surface area contributed by atoms with Gasteiger partial charge in [0.05, 0.1) is 17.9 Å². The number of nitrogens with one attached hydrogen (secondary N) is 2. The highest BCUT2D eigenvalue weighted by Gasteiger charge is 2.47. The lowest BCUT2D eigenvalue weighted by molar-refractivity contribution is -0.174. The number of anilines is 2. The highest BCUT2D eigenvalue weighted by molar-refractivity contribution is 7.17. The molecular weight excluding hydrogens is 471 g/mol. The molecule has 8 nitrogen and oxygen atoms in total. The highest BCUT2D eigenvalue weighted by atomic mass is 32.1. The van der Waals surface area contributed by atoms with E-state index in [1.54, 1.807) is 12.1 Å². The van der Waals surface area contributed by atoms with E-state index in [0.29, 0.717) is 17.2 Å². The van der Waals surface area contributed by atoms with Crippen molar-refractivity contribution in [3.05, 3.63) is 51.9 Å². The summed E-state index contributed by atoms with van der Waals surface area (Å²) < 4.78 is 47.6. The Labute approximate surface area is 196 Å². The minimum absolute atomic E-state index is 0.0530. The van der Waals surface area contributed by atoms with Crippen LogP contribution in [0.2, 0.25) is 0 Å². The number of hydrogen-bond acceptors (Lipinski definition) is 6. The van der Waals surface area contributed by atoms with E-state index in [0.717, 1.165) is 40.8 Å². The van der Waals surface area contributed by atoms with E-state index in [-0.39, 0.29) is 23.5 Å². The summed E-state index contributed by atoms with van der Waals surface area (Å²) in [6.45, 7) is 0. The van der Waals surface area contributed by atoms with Crippen LogP contribution in [0.5, 0.6) is 0 Å². The van der Waals surface area contributed by atoms with E-state index in [9.17, 15) is 22.8 Å². The van der Waals surface area contributed by atoms with Crippen molar-refractivity contribution in [3.63, 3.8) is 0 Å². The summed E-state index contributed by atoms with van der Waals surface area (Å²) in [4.78, 5) is 26.2. The average molecular weight is 494 g/mol. The number of nitrogens with zero attached hydrogens (tertiary/aromatic N) is 2. The SMILES string of the molecule is NC(=O)c1c(NC(=O)c2cc3n(n2)C(C(F)(F)F)CC(c2ccco2)N3)sc2c1CCCCC2.